The molecule has 4 N–H and O–H groups in total. The van der Waals surface area contributed by atoms with Crippen molar-refractivity contribution in [3.63, 3.8) is 0 Å². The lowest BCUT2D eigenvalue weighted by Gasteiger charge is -2.26. The highest BCUT2D eigenvalue weighted by atomic mass is 16.3. The number of hydrogen-bond donors (Lipinski definition) is 3. The molecule has 0 aliphatic carbocycles. The van der Waals surface area contributed by atoms with Crippen molar-refractivity contribution in [2.45, 2.75) is 20.0 Å². The summed E-state index contributed by atoms with van der Waals surface area (Å²) in [7, 11) is 0. The molecule has 4 aromatic rings. The van der Waals surface area contributed by atoms with Gasteiger partial charge in [-0.3, -0.25) is 4.90 Å². The number of fused-ring (bicyclic) bond motifs is 1. The number of phenolic OH excluding ortho intramolecular Hbond substituents is 1. The van der Waals surface area contributed by atoms with Gasteiger partial charge >= 0.3 is 0 Å². The molecule has 6 nitrogen and oxygen atoms in total. The summed E-state index contributed by atoms with van der Waals surface area (Å²) in [6, 6.07) is 20.9. The summed E-state index contributed by atoms with van der Waals surface area (Å²) < 4.78 is 0. The fourth-order valence-electron chi connectivity index (χ4n) is 3.57. The van der Waals surface area contributed by atoms with E-state index in [2.05, 4.69) is 21.8 Å². The maximum Gasteiger partial charge on any atom is 0.148 e. The van der Waals surface area contributed by atoms with Gasteiger partial charge in [0.1, 0.15) is 24.0 Å². The molecule has 0 amide bonds. The lowest BCUT2D eigenvalue weighted by Crippen LogP contribution is -2.23. The molecule has 0 saturated heterocycles. The van der Waals surface area contributed by atoms with Crippen LogP contribution in [0.5, 0.6) is 5.75 Å². The Labute approximate surface area is 193 Å². The Hall–Kier alpha value is -3.92. The zero-order chi connectivity index (χ0) is 23.4. The van der Waals surface area contributed by atoms with Crippen LogP contribution in [0.3, 0.4) is 0 Å². The average Bonchev–Trinajstić information content (AvgIpc) is 2.84. The third kappa shape index (κ3) is 4.80. The zero-order valence-electron chi connectivity index (χ0n) is 18.6. The summed E-state index contributed by atoms with van der Waals surface area (Å²) in [5.41, 5.74) is 9.88. The van der Waals surface area contributed by atoms with E-state index in [-0.39, 0.29) is 11.7 Å². The van der Waals surface area contributed by atoms with Crippen LogP contribution in [0, 0.1) is 24.7 Å². The molecule has 0 bridgehead atoms. The maximum absolute atomic E-state index is 10.2. The van der Waals surface area contributed by atoms with E-state index in [4.69, 9.17) is 5.73 Å². The Balaban J connectivity index is 1.89. The molecule has 4 rings (SSSR count). The molecule has 0 aliphatic heterocycles. The third-order valence-corrected chi connectivity index (χ3v) is 5.54. The van der Waals surface area contributed by atoms with Crippen molar-refractivity contribution in [1.82, 2.24) is 9.97 Å². The minimum Gasteiger partial charge on any atom is -0.508 e. The van der Waals surface area contributed by atoms with Gasteiger partial charge in [0.25, 0.3) is 0 Å². The maximum atomic E-state index is 10.2. The Morgan fingerprint density at radius 2 is 1.82 bits per heavy atom. The lowest BCUT2D eigenvalue weighted by molar-refractivity contribution is 0.175. The fourth-order valence-corrected chi connectivity index (χ4v) is 3.57. The molecule has 33 heavy (non-hydrogen) atoms. The van der Waals surface area contributed by atoms with Gasteiger partial charge in [-0.05, 0) is 67.6 Å². The summed E-state index contributed by atoms with van der Waals surface area (Å²) in [6.45, 7) is 4.18. The van der Waals surface area contributed by atoms with Gasteiger partial charge in [-0.15, -0.1) is 0 Å². The first-order valence-corrected chi connectivity index (χ1v) is 10.8. The summed E-state index contributed by atoms with van der Waals surface area (Å²) in [5.74, 6) is 6.73. The molecular formula is C27H26N4O2. The highest BCUT2D eigenvalue weighted by molar-refractivity contribution is 5.95. The van der Waals surface area contributed by atoms with Crippen LogP contribution >= 0.6 is 0 Å². The van der Waals surface area contributed by atoms with E-state index in [1.807, 2.05) is 73.3 Å². The number of nitrogens with zero attached hydrogens (tertiary/aromatic N) is 3. The molecule has 2 unspecified atom stereocenters. The van der Waals surface area contributed by atoms with E-state index < -0.39 is 6.10 Å². The van der Waals surface area contributed by atoms with Crippen molar-refractivity contribution < 1.29 is 10.2 Å². The number of aliphatic hydroxyl groups is 1. The van der Waals surface area contributed by atoms with Gasteiger partial charge in [0.15, 0.2) is 0 Å². The fraction of sp³-hybridized carbons (Fsp3) is 0.185. The zero-order valence-corrected chi connectivity index (χ0v) is 18.6. The molecule has 1 aromatic heterocycles. The second-order valence-corrected chi connectivity index (χ2v) is 8.00. The Bertz CT molecular complexity index is 1330. The highest BCUT2D eigenvalue weighted by Crippen LogP contribution is 2.39. The average molecular weight is 439 g/mol. The number of anilines is 3. The van der Waals surface area contributed by atoms with Crippen LogP contribution in [-0.2, 0) is 0 Å². The van der Waals surface area contributed by atoms with E-state index in [0.29, 0.717) is 12.4 Å². The molecule has 0 spiro atoms. The van der Waals surface area contributed by atoms with Gasteiger partial charge in [-0.25, -0.2) is 9.97 Å². The molecule has 3 aromatic carbocycles. The first kappa shape index (κ1) is 22.3. The van der Waals surface area contributed by atoms with Crippen molar-refractivity contribution >= 4 is 28.1 Å². The molecule has 1 heterocycles. The second-order valence-electron chi connectivity index (χ2n) is 8.00. The Kier molecular flexibility index (Phi) is 6.55. The standard InChI is InChI=1S/C27H26N4O2/c1-18-14-22(32)10-12-25(18)31(21-6-4-3-5-7-21)27-23-15-20(8-11-24(23)29-17-30-27)9-13-26(33)19(2)16-28/h3-8,10-12,14-15,17,19,26,32-33H,16,28H2,1-2H3. The SMILES string of the molecule is Cc1cc(O)ccc1N(c1ccccc1)c1ncnc2ccc(C#CC(O)C(C)CN)cc12. The summed E-state index contributed by atoms with van der Waals surface area (Å²) in [5, 5.41) is 20.9. The molecule has 2 atom stereocenters. The molecular weight excluding hydrogens is 412 g/mol. The minimum atomic E-state index is -0.794. The van der Waals surface area contributed by atoms with Crippen molar-refractivity contribution in [3.8, 4) is 17.6 Å². The van der Waals surface area contributed by atoms with E-state index in [1.165, 1.54) is 0 Å². The first-order chi connectivity index (χ1) is 16.0. The summed E-state index contributed by atoms with van der Waals surface area (Å²) in [4.78, 5) is 11.1. The van der Waals surface area contributed by atoms with E-state index in [9.17, 15) is 10.2 Å². The van der Waals surface area contributed by atoms with Gasteiger partial charge in [0, 0.05) is 22.6 Å². The quantitative estimate of drug-likeness (QED) is 0.399. The Morgan fingerprint density at radius 1 is 1.03 bits per heavy atom. The number of para-hydroxylation sites is 1. The molecule has 0 saturated carbocycles. The van der Waals surface area contributed by atoms with Gasteiger partial charge in [0.05, 0.1) is 11.2 Å². The van der Waals surface area contributed by atoms with E-state index in [0.717, 1.165) is 33.4 Å². The number of phenols is 1. The predicted octanol–water partition coefficient (Wildman–Crippen LogP) is 4.42. The number of benzene rings is 3. The molecule has 6 heteroatoms. The van der Waals surface area contributed by atoms with Crippen LogP contribution in [0.2, 0.25) is 0 Å². The topological polar surface area (TPSA) is 95.5 Å². The second kappa shape index (κ2) is 9.70. The minimum absolute atomic E-state index is 0.108. The van der Waals surface area contributed by atoms with Gasteiger partial charge in [-0.2, -0.15) is 0 Å². The highest BCUT2D eigenvalue weighted by Gasteiger charge is 2.19. The van der Waals surface area contributed by atoms with Gasteiger partial charge < -0.3 is 15.9 Å². The monoisotopic (exact) mass is 438 g/mol. The van der Waals surface area contributed by atoms with E-state index in [1.54, 1.807) is 18.5 Å². The smallest absolute Gasteiger partial charge is 0.148 e. The van der Waals surface area contributed by atoms with Gasteiger partial charge in [0.2, 0.25) is 0 Å². The molecule has 166 valence electrons. The number of aryl methyl sites for hydroxylation is 1. The van der Waals surface area contributed by atoms with Crippen LogP contribution in [0.25, 0.3) is 10.9 Å². The Morgan fingerprint density at radius 3 is 2.55 bits per heavy atom. The van der Waals surface area contributed by atoms with Crippen molar-refractivity contribution in [3.05, 3.63) is 84.2 Å². The van der Waals surface area contributed by atoms with Crippen LogP contribution in [0.4, 0.5) is 17.2 Å². The van der Waals surface area contributed by atoms with E-state index >= 15 is 0 Å². The van der Waals surface area contributed by atoms with Gasteiger partial charge in [-0.1, -0.05) is 37.0 Å². The van der Waals surface area contributed by atoms with Crippen LogP contribution in [0.15, 0.2) is 73.1 Å². The van der Waals surface area contributed by atoms with Crippen molar-refractivity contribution in [2.75, 3.05) is 11.4 Å². The number of aromatic hydroxyl groups is 1. The summed E-state index contributed by atoms with van der Waals surface area (Å²) >= 11 is 0. The predicted molar refractivity (Wildman–Crippen MR) is 132 cm³/mol. The molecule has 0 aliphatic rings. The van der Waals surface area contributed by atoms with Crippen LogP contribution in [-0.4, -0.2) is 32.8 Å². The number of hydrogen-bond acceptors (Lipinski definition) is 6. The number of nitrogens with two attached hydrogens (primary N) is 1. The van der Waals surface area contributed by atoms with Crippen molar-refractivity contribution in [1.29, 1.82) is 0 Å². The largest absolute Gasteiger partial charge is 0.508 e. The number of rotatable bonds is 5. The van der Waals surface area contributed by atoms with Crippen LogP contribution in [0.1, 0.15) is 18.1 Å². The summed E-state index contributed by atoms with van der Waals surface area (Å²) in [6.07, 6.45) is 0.749. The van der Waals surface area contributed by atoms with Crippen LogP contribution < -0.4 is 10.6 Å². The lowest BCUT2D eigenvalue weighted by atomic mass is 10.0. The third-order valence-electron chi connectivity index (χ3n) is 5.54. The van der Waals surface area contributed by atoms with Crippen molar-refractivity contribution in [2.24, 2.45) is 11.7 Å². The number of aliphatic hydroxyl groups excluding tert-OH is 1. The number of aromatic nitrogens is 2. The molecule has 0 fully saturated rings. The first-order valence-electron chi connectivity index (χ1n) is 10.8. The normalized spacial score (nSPS) is 12.6. The molecule has 0 radical (unpaired) electrons.